The second-order valence-electron chi connectivity index (χ2n) is 6.23. The van der Waals surface area contributed by atoms with E-state index in [0.717, 1.165) is 0 Å². The number of rotatable bonds is 8. The van der Waals surface area contributed by atoms with Crippen LogP contribution in [0.25, 0.3) is 0 Å². The molecule has 1 aromatic rings. The zero-order valence-electron chi connectivity index (χ0n) is 16.4. The van der Waals surface area contributed by atoms with Crippen LogP contribution in [0.2, 0.25) is 0 Å². The fourth-order valence-corrected chi connectivity index (χ4v) is 4.88. The highest BCUT2D eigenvalue weighted by atomic mass is 32.2. The zero-order valence-corrected chi connectivity index (χ0v) is 17.2. The Morgan fingerprint density at radius 3 is 2.14 bits per heavy atom. The van der Waals surface area contributed by atoms with Gasteiger partial charge in [-0.2, -0.15) is 0 Å². The summed E-state index contributed by atoms with van der Waals surface area (Å²) in [5.74, 6) is -0.275. The predicted octanol–water partition coefficient (Wildman–Crippen LogP) is 0.905. The third-order valence-electron chi connectivity index (χ3n) is 4.54. The van der Waals surface area contributed by atoms with Crippen LogP contribution in [-0.4, -0.2) is 77.2 Å². The van der Waals surface area contributed by atoms with Crippen molar-refractivity contribution in [1.29, 1.82) is 0 Å². The minimum absolute atomic E-state index is 0.0621. The molecule has 10 heteroatoms. The fraction of sp³-hybridized carbons (Fsp3) is 0.556. The molecule has 1 heterocycles. The number of esters is 1. The molecule has 1 fully saturated rings. The quantitative estimate of drug-likeness (QED) is 0.577. The molecule has 0 aliphatic carbocycles. The average Bonchev–Trinajstić information content (AvgIpc) is 3.04. The third-order valence-corrected chi connectivity index (χ3v) is 6.29. The van der Waals surface area contributed by atoms with Gasteiger partial charge in [0.05, 0.1) is 38.4 Å². The predicted molar refractivity (Wildman–Crippen MR) is 101 cm³/mol. The molecule has 9 nitrogen and oxygen atoms in total. The largest absolute Gasteiger partial charge is 0.493 e. The summed E-state index contributed by atoms with van der Waals surface area (Å²) in [7, 11) is 1.17. The van der Waals surface area contributed by atoms with E-state index in [0.29, 0.717) is 18.7 Å². The molecule has 1 aliphatic heterocycles. The molecule has 0 saturated carbocycles. The maximum atomic E-state index is 12.4. The molecule has 0 N–H and O–H groups in total. The van der Waals surface area contributed by atoms with E-state index in [1.807, 2.05) is 0 Å². The van der Waals surface area contributed by atoms with Crippen LogP contribution in [0.15, 0.2) is 12.1 Å². The first-order valence-electron chi connectivity index (χ1n) is 8.73. The summed E-state index contributed by atoms with van der Waals surface area (Å²) in [5, 5.41) is 0. The van der Waals surface area contributed by atoms with Crippen LogP contribution >= 0.6 is 0 Å². The molecule has 0 radical (unpaired) electrons. The van der Waals surface area contributed by atoms with Gasteiger partial charge >= 0.3 is 5.97 Å². The second-order valence-corrected chi connectivity index (χ2v) is 8.46. The average molecular weight is 415 g/mol. The summed E-state index contributed by atoms with van der Waals surface area (Å²) >= 11 is 0. The van der Waals surface area contributed by atoms with Gasteiger partial charge in [0.1, 0.15) is 0 Å². The monoisotopic (exact) mass is 415 g/mol. The molecular weight excluding hydrogens is 390 g/mol. The van der Waals surface area contributed by atoms with E-state index in [9.17, 15) is 18.0 Å². The lowest BCUT2D eigenvalue weighted by Gasteiger charge is -2.26. The summed E-state index contributed by atoms with van der Waals surface area (Å²) < 4.78 is 44.0. The summed E-state index contributed by atoms with van der Waals surface area (Å²) in [6.07, 6.45) is 0.392. The zero-order chi connectivity index (χ0) is 20.9. The van der Waals surface area contributed by atoms with Crippen molar-refractivity contribution in [3.8, 4) is 17.2 Å². The molecular formula is C18H25NO8S. The van der Waals surface area contributed by atoms with E-state index in [1.54, 1.807) is 6.92 Å². The second kappa shape index (κ2) is 9.13. The molecule has 1 atom stereocenters. The molecule has 2 rings (SSSR count). The fourth-order valence-electron chi connectivity index (χ4n) is 3.15. The van der Waals surface area contributed by atoms with Crippen LogP contribution in [0.4, 0.5) is 0 Å². The first-order valence-corrected chi connectivity index (χ1v) is 10.6. The van der Waals surface area contributed by atoms with Gasteiger partial charge in [0.25, 0.3) is 5.91 Å². The molecule has 28 heavy (non-hydrogen) atoms. The van der Waals surface area contributed by atoms with Crippen molar-refractivity contribution in [1.82, 2.24) is 4.90 Å². The van der Waals surface area contributed by atoms with Crippen molar-refractivity contribution in [3.63, 3.8) is 0 Å². The van der Waals surface area contributed by atoms with E-state index < -0.39 is 28.3 Å². The number of nitrogens with zero attached hydrogens (tertiary/aromatic N) is 1. The van der Waals surface area contributed by atoms with E-state index >= 15 is 0 Å². The van der Waals surface area contributed by atoms with E-state index in [1.165, 1.54) is 38.4 Å². The Morgan fingerprint density at radius 2 is 1.71 bits per heavy atom. The number of amides is 1. The van der Waals surface area contributed by atoms with Gasteiger partial charge in [-0.05, 0) is 25.5 Å². The lowest BCUT2D eigenvalue weighted by Crippen LogP contribution is -2.43. The standard InChI is InChI=1S/C18H25NO8S/c1-5-19(13-6-7-28(22,23)11-13)16(20)10-27-18(21)12-8-14(24-2)17(26-4)15(9-12)25-3/h8-9,13H,5-7,10-11H2,1-4H3/t13-/m0/s1. The Hall–Kier alpha value is -2.49. The number of ether oxygens (including phenoxy) is 4. The van der Waals surface area contributed by atoms with Gasteiger partial charge in [0.2, 0.25) is 5.75 Å². The number of sulfone groups is 1. The maximum Gasteiger partial charge on any atom is 0.338 e. The van der Waals surface area contributed by atoms with Crippen LogP contribution < -0.4 is 14.2 Å². The summed E-state index contributed by atoms with van der Waals surface area (Å²) in [5.41, 5.74) is 0.133. The van der Waals surface area contributed by atoms with Crippen molar-refractivity contribution in [2.45, 2.75) is 19.4 Å². The van der Waals surface area contributed by atoms with Crippen LogP contribution in [0.5, 0.6) is 17.2 Å². The molecule has 0 unspecified atom stereocenters. The van der Waals surface area contributed by atoms with E-state index in [4.69, 9.17) is 18.9 Å². The van der Waals surface area contributed by atoms with Gasteiger partial charge in [-0.1, -0.05) is 0 Å². The van der Waals surface area contributed by atoms with Crippen LogP contribution in [-0.2, 0) is 19.4 Å². The molecule has 156 valence electrons. The smallest absolute Gasteiger partial charge is 0.338 e. The third kappa shape index (κ3) is 4.86. The van der Waals surface area contributed by atoms with Crippen molar-refractivity contribution in [2.75, 3.05) is 46.0 Å². The normalized spacial score (nSPS) is 17.6. The Kier molecular flexibility index (Phi) is 7.11. The Balaban J connectivity index is 2.07. The van der Waals surface area contributed by atoms with Gasteiger partial charge in [0, 0.05) is 12.6 Å². The lowest BCUT2D eigenvalue weighted by molar-refractivity contribution is -0.136. The number of hydrogen-bond acceptors (Lipinski definition) is 8. The molecule has 1 aromatic carbocycles. The molecule has 0 spiro atoms. The van der Waals surface area contributed by atoms with Crippen molar-refractivity contribution >= 4 is 21.7 Å². The van der Waals surface area contributed by atoms with E-state index in [2.05, 4.69) is 0 Å². The number of carbonyl (C=O) groups excluding carboxylic acids is 2. The summed E-state index contributed by atoms with van der Waals surface area (Å²) in [4.78, 5) is 26.3. The van der Waals surface area contributed by atoms with Gasteiger partial charge in [0.15, 0.2) is 27.9 Å². The van der Waals surface area contributed by atoms with Crippen molar-refractivity contribution in [3.05, 3.63) is 17.7 Å². The van der Waals surface area contributed by atoms with Crippen molar-refractivity contribution in [2.24, 2.45) is 0 Å². The molecule has 0 bridgehead atoms. The van der Waals surface area contributed by atoms with Crippen LogP contribution in [0.3, 0.4) is 0 Å². The minimum atomic E-state index is -3.12. The van der Waals surface area contributed by atoms with E-state index in [-0.39, 0.29) is 34.6 Å². The van der Waals surface area contributed by atoms with Gasteiger partial charge in [-0.25, -0.2) is 13.2 Å². The minimum Gasteiger partial charge on any atom is -0.493 e. The first kappa shape index (κ1) is 21.8. The maximum absolute atomic E-state index is 12.4. The molecule has 1 amide bonds. The summed E-state index contributed by atoms with van der Waals surface area (Å²) in [6.45, 7) is 1.60. The van der Waals surface area contributed by atoms with Crippen LogP contribution in [0, 0.1) is 0 Å². The van der Waals surface area contributed by atoms with Crippen molar-refractivity contribution < 1.29 is 37.0 Å². The number of methoxy groups -OCH3 is 3. The molecule has 1 saturated heterocycles. The number of likely N-dealkylation sites (N-methyl/N-ethyl adjacent to an activating group) is 1. The highest BCUT2D eigenvalue weighted by Crippen LogP contribution is 2.38. The summed E-state index contributed by atoms with van der Waals surface area (Å²) in [6, 6.07) is 2.47. The number of benzene rings is 1. The molecule has 1 aliphatic rings. The first-order chi connectivity index (χ1) is 13.3. The SMILES string of the molecule is CCN(C(=O)COC(=O)c1cc(OC)c(OC)c(OC)c1)[C@H]1CCS(=O)(=O)C1. The number of hydrogen-bond donors (Lipinski definition) is 0. The Bertz CT molecular complexity index is 811. The topological polar surface area (TPSA) is 108 Å². The Morgan fingerprint density at radius 1 is 1.11 bits per heavy atom. The highest BCUT2D eigenvalue weighted by Gasteiger charge is 2.34. The van der Waals surface area contributed by atoms with Crippen LogP contribution in [0.1, 0.15) is 23.7 Å². The van der Waals surface area contributed by atoms with Gasteiger partial charge in [-0.3, -0.25) is 4.79 Å². The number of carbonyl (C=O) groups is 2. The Labute approximate surface area is 164 Å². The lowest BCUT2D eigenvalue weighted by atomic mass is 10.2. The molecule has 0 aromatic heterocycles. The van der Waals surface area contributed by atoms with Gasteiger partial charge in [-0.15, -0.1) is 0 Å². The highest BCUT2D eigenvalue weighted by molar-refractivity contribution is 7.91. The van der Waals surface area contributed by atoms with Gasteiger partial charge < -0.3 is 23.8 Å².